The molecule has 128 valence electrons. The maximum Gasteiger partial charge on any atom is 0.258 e. The van der Waals surface area contributed by atoms with E-state index in [1.54, 1.807) is 31.6 Å². The van der Waals surface area contributed by atoms with Gasteiger partial charge < -0.3 is 10.1 Å². The van der Waals surface area contributed by atoms with E-state index >= 15 is 0 Å². The van der Waals surface area contributed by atoms with Crippen molar-refractivity contribution >= 4 is 22.9 Å². The monoisotopic (exact) mass is 346 g/mol. The molecule has 0 unspecified atom stereocenters. The number of para-hydroxylation sites is 1. The topological polar surface area (TPSA) is 106 Å². The number of hydrogen-bond acceptors (Lipinski definition) is 6. The van der Waals surface area contributed by atoms with Crippen molar-refractivity contribution < 1.29 is 9.53 Å². The number of carbonyl (C=O) groups is 1. The number of nitrogens with zero attached hydrogens (tertiary/aromatic N) is 4. The lowest BCUT2D eigenvalue weighted by Crippen LogP contribution is -2.12. The highest BCUT2D eigenvalue weighted by Gasteiger charge is 2.15. The number of anilines is 1. The quantitative estimate of drug-likeness (QED) is 0.588. The van der Waals surface area contributed by atoms with E-state index in [0.29, 0.717) is 34.0 Å². The van der Waals surface area contributed by atoms with Crippen LogP contribution < -0.4 is 10.1 Å². The molecule has 0 aliphatic rings. The summed E-state index contributed by atoms with van der Waals surface area (Å²) < 4.78 is 5.38. The molecule has 0 saturated heterocycles. The molecule has 0 radical (unpaired) electrons. The average Bonchev–Trinajstić information content (AvgIpc) is 3.10. The van der Waals surface area contributed by atoms with Crippen LogP contribution in [-0.4, -0.2) is 38.2 Å². The second kappa shape index (κ2) is 6.60. The Kier molecular flexibility index (Phi) is 3.98. The number of aromatic amines is 1. The third-order valence-corrected chi connectivity index (χ3v) is 3.81. The Hall–Kier alpha value is -3.81. The minimum atomic E-state index is -0.312. The van der Waals surface area contributed by atoms with Gasteiger partial charge in [-0.05, 0) is 24.3 Å². The lowest BCUT2D eigenvalue weighted by Gasteiger charge is -2.07. The van der Waals surface area contributed by atoms with Gasteiger partial charge in [-0.3, -0.25) is 14.9 Å². The van der Waals surface area contributed by atoms with Gasteiger partial charge in [0.25, 0.3) is 5.91 Å². The number of rotatable bonds is 4. The molecule has 0 atom stereocenters. The fourth-order valence-corrected chi connectivity index (χ4v) is 2.55. The van der Waals surface area contributed by atoms with Crippen molar-refractivity contribution in [3.05, 3.63) is 60.6 Å². The van der Waals surface area contributed by atoms with Gasteiger partial charge in [-0.2, -0.15) is 5.10 Å². The summed E-state index contributed by atoms with van der Waals surface area (Å²) in [6.07, 6.45) is 4.71. The number of hydrogen-bond donors (Lipinski definition) is 2. The van der Waals surface area contributed by atoms with Gasteiger partial charge in [0.2, 0.25) is 5.65 Å². The Morgan fingerprint density at radius 3 is 2.85 bits per heavy atom. The SMILES string of the molecule is COc1ccccc1-c1cnc2n[nH]c(NC(=O)c3cccnc3)c2n1. The van der Waals surface area contributed by atoms with Gasteiger partial charge in [0.05, 0.1) is 24.6 Å². The van der Waals surface area contributed by atoms with E-state index in [1.165, 1.54) is 6.20 Å². The van der Waals surface area contributed by atoms with Crippen molar-refractivity contribution in [3.63, 3.8) is 0 Å². The molecule has 0 aliphatic heterocycles. The number of benzene rings is 1. The van der Waals surface area contributed by atoms with Crippen LogP contribution in [0.1, 0.15) is 10.4 Å². The number of amides is 1. The van der Waals surface area contributed by atoms with Crippen molar-refractivity contribution in [3.8, 4) is 17.0 Å². The zero-order chi connectivity index (χ0) is 17.9. The predicted octanol–water partition coefficient (Wildman–Crippen LogP) is 2.68. The van der Waals surface area contributed by atoms with Gasteiger partial charge in [0.1, 0.15) is 5.75 Å². The maximum atomic E-state index is 12.3. The lowest BCUT2D eigenvalue weighted by atomic mass is 10.1. The largest absolute Gasteiger partial charge is 0.496 e. The second-order valence-electron chi connectivity index (χ2n) is 5.42. The first kappa shape index (κ1) is 15.7. The number of H-pyrrole nitrogens is 1. The van der Waals surface area contributed by atoms with Crippen LogP contribution in [0.5, 0.6) is 5.75 Å². The molecule has 1 amide bonds. The first-order valence-corrected chi connectivity index (χ1v) is 7.82. The Balaban J connectivity index is 1.72. The summed E-state index contributed by atoms with van der Waals surface area (Å²) in [5.74, 6) is 0.747. The van der Waals surface area contributed by atoms with E-state index < -0.39 is 0 Å². The predicted molar refractivity (Wildman–Crippen MR) is 95.9 cm³/mol. The van der Waals surface area contributed by atoms with Crippen LogP contribution in [0.4, 0.5) is 5.82 Å². The Bertz CT molecular complexity index is 1080. The lowest BCUT2D eigenvalue weighted by molar-refractivity contribution is 0.102. The standard InChI is InChI=1S/C18H14N6O2/c1-26-14-7-3-2-6-12(14)13-10-20-16-15(21-13)17(24-23-16)22-18(25)11-5-4-8-19-9-11/h2-10H,1H3,(H2,20,22,23,24,25). The Morgan fingerprint density at radius 1 is 1.15 bits per heavy atom. The zero-order valence-electron chi connectivity index (χ0n) is 13.8. The van der Waals surface area contributed by atoms with E-state index in [2.05, 4.69) is 30.5 Å². The molecular formula is C18H14N6O2. The summed E-state index contributed by atoms with van der Waals surface area (Å²) in [7, 11) is 1.60. The second-order valence-corrected chi connectivity index (χ2v) is 5.42. The number of nitrogens with one attached hydrogen (secondary N) is 2. The molecule has 1 aromatic carbocycles. The van der Waals surface area contributed by atoms with Crippen LogP contribution in [0, 0.1) is 0 Å². The molecule has 8 heteroatoms. The number of aromatic nitrogens is 5. The first-order valence-electron chi connectivity index (χ1n) is 7.82. The highest BCUT2D eigenvalue weighted by atomic mass is 16.5. The smallest absolute Gasteiger partial charge is 0.258 e. The average molecular weight is 346 g/mol. The molecule has 4 rings (SSSR count). The summed E-state index contributed by atoms with van der Waals surface area (Å²) in [4.78, 5) is 25.2. The van der Waals surface area contributed by atoms with Crippen molar-refractivity contribution in [2.45, 2.75) is 0 Å². The minimum Gasteiger partial charge on any atom is -0.496 e. The molecule has 26 heavy (non-hydrogen) atoms. The van der Waals surface area contributed by atoms with Crippen LogP contribution in [0.3, 0.4) is 0 Å². The molecule has 4 aromatic rings. The molecule has 0 saturated carbocycles. The van der Waals surface area contributed by atoms with E-state index in [-0.39, 0.29) is 5.91 Å². The number of ether oxygens (including phenoxy) is 1. The van der Waals surface area contributed by atoms with E-state index in [4.69, 9.17) is 4.74 Å². The first-order chi connectivity index (χ1) is 12.8. The third kappa shape index (κ3) is 2.84. The van der Waals surface area contributed by atoms with Crippen molar-refractivity contribution in [2.24, 2.45) is 0 Å². The molecule has 0 spiro atoms. The summed E-state index contributed by atoms with van der Waals surface area (Å²) in [6.45, 7) is 0. The minimum absolute atomic E-state index is 0.312. The maximum absolute atomic E-state index is 12.3. The number of carbonyl (C=O) groups excluding carboxylic acids is 1. The van der Waals surface area contributed by atoms with Crippen LogP contribution in [0.25, 0.3) is 22.4 Å². The fourth-order valence-electron chi connectivity index (χ4n) is 2.55. The summed E-state index contributed by atoms with van der Waals surface area (Å²) in [5.41, 5.74) is 2.73. The van der Waals surface area contributed by atoms with Crippen LogP contribution in [-0.2, 0) is 0 Å². The summed E-state index contributed by atoms with van der Waals surface area (Å²) in [6, 6.07) is 10.9. The molecule has 3 heterocycles. The number of fused-ring (bicyclic) bond motifs is 1. The third-order valence-electron chi connectivity index (χ3n) is 3.81. The molecule has 0 fully saturated rings. The molecule has 2 N–H and O–H groups in total. The highest BCUT2D eigenvalue weighted by molar-refractivity contribution is 6.06. The summed E-state index contributed by atoms with van der Waals surface area (Å²) in [5, 5.41) is 9.60. The van der Waals surface area contributed by atoms with E-state index in [1.807, 2.05) is 24.3 Å². The molecule has 0 aliphatic carbocycles. The van der Waals surface area contributed by atoms with Crippen molar-refractivity contribution in [2.75, 3.05) is 12.4 Å². The molecule has 8 nitrogen and oxygen atoms in total. The number of pyridine rings is 1. The van der Waals surface area contributed by atoms with E-state index in [0.717, 1.165) is 5.56 Å². The van der Waals surface area contributed by atoms with Gasteiger partial charge in [-0.1, -0.05) is 12.1 Å². The number of methoxy groups -OCH3 is 1. The van der Waals surface area contributed by atoms with Gasteiger partial charge in [-0.15, -0.1) is 0 Å². The van der Waals surface area contributed by atoms with Gasteiger partial charge in [-0.25, -0.2) is 9.97 Å². The molecule has 0 bridgehead atoms. The van der Waals surface area contributed by atoms with Gasteiger partial charge >= 0.3 is 0 Å². The molecule has 3 aromatic heterocycles. The normalized spacial score (nSPS) is 10.7. The Morgan fingerprint density at radius 2 is 2.04 bits per heavy atom. The van der Waals surface area contributed by atoms with Crippen molar-refractivity contribution in [1.82, 2.24) is 25.1 Å². The fraction of sp³-hybridized carbons (Fsp3) is 0.0556. The van der Waals surface area contributed by atoms with Crippen LogP contribution in [0.2, 0.25) is 0 Å². The molecular weight excluding hydrogens is 332 g/mol. The van der Waals surface area contributed by atoms with Gasteiger partial charge in [0, 0.05) is 18.0 Å². The van der Waals surface area contributed by atoms with E-state index in [9.17, 15) is 4.79 Å². The Labute approximate surface area is 148 Å². The summed E-state index contributed by atoms with van der Waals surface area (Å²) >= 11 is 0. The van der Waals surface area contributed by atoms with Gasteiger partial charge in [0.15, 0.2) is 11.3 Å². The zero-order valence-corrected chi connectivity index (χ0v) is 13.8. The van der Waals surface area contributed by atoms with Crippen molar-refractivity contribution in [1.29, 1.82) is 0 Å². The van der Waals surface area contributed by atoms with Crippen LogP contribution in [0.15, 0.2) is 55.0 Å². The highest BCUT2D eigenvalue weighted by Crippen LogP contribution is 2.29. The van der Waals surface area contributed by atoms with Crippen LogP contribution >= 0.6 is 0 Å².